The van der Waals surface area contributed by atoms with Gasteiger partial charge in [0.1, 0.15) is 0 Å². The summed E-state index contributed by atoms with van der Waals surface area (Å²) in [6, 6.07) is 8.24. The van der Waals surface area contributed by atoms with Crippen LogP contribution in [0.3, 0.4) is 0 Å². The summed E-state index contributed by atoms with van der Waals surface area (Å²) in [5.74, 6) is 1.00. The lowest BCUT2D eigenvalue weighted by Crippen LogP contribution is -2.47. The first-order chi connectivity index (χ1) is 11.1. The van der Waals surface area contributed by atoms with E-state index in [-0.39, 0.29) is 11.9 Å². The number of amides is 1. The number of rotatable bonds is 4. The predicted octanol–water partition coefficient (Wildman–Crippen LogP) is 2.60. The third-order valence-corrected chi connectivity index (χ3v) is 5.34. The molecular formula is C19H29N3O. The Labute approximate surface area is 139 Å². The SMILES string of the molecule is CN(C)CCC1CCN([C@H]2CCc3ccccc3NC2=O)CC1. The van der Waals surface area contributed by atoms with E-state index >= 15 is 0 Å². The summed E-state index contributed by atoms with van der Waals surface area (Å²) >= 11 is 0. The number of carbonyl (C=O) groups is 1. The largest absolute Gasteiger partial charge is 0.324 e. The lowest BCUT2D eigenvalue weighted by Gasteiger charge is -2.36. The first kappa shape index (κ1) is 16.5. The van der Waals surface area contributed by atoms with Crippen molar-refractivity contribution in [3.63, 3.8) is 0 Å². The Morgan fingerprint density at radius 2 is 1.91 bits per heavy atom. The molecule has 2 heterocycles. The monoisotopic (exact) mass is 315 g/mol. The third kappa shape index (κ3) is 4.12. The first-order valence-electron chi connectivity index (χ1n) is 8.91. The van der Waals surface area contributed by atoms with Crippen molar-refractivity contribution < 1.29 is 4.79 Å². The zero-order valence-electron chi connectivity index (χ0n) is 14.4. The van der Waals surface area contributed by atoms with Crippen molar-refractivity contribution in [2.24, 2.45) is 5.92 Å². The molecule has 2 aliphatic heterocycles. The number of nitrogens with zero attached hydrogens (tertiary/aromatic N) is 2. The minimum absolute atomic E-state index is 0.0391. The summed E-state index contributed by atoms with van der Waals surface area (Å²) in [6.07, 6.45) is 5.66. The van der Waals surface area contributed by atoms with E-state index in [2.05, 4.69) is 41.3 Å². The number of para-hydroxylation sites is 1. The number of likely N-dealkylation sites (tertiary alicyclic amines) is 1. The van der Waals surface area contributed by atoms with Gasteiger partial charge in [0.25, 0.3) is 0 Å². The van der Waals surface area contributed by atoms with Crippen LogP contribution in [0.25, 0.3) is 0 Å². The summed E-state index contributed by atoms with van der Waals surface area (Å²) in [5, 5.41) is 3.13. The molecule has 1 aromatic rings. The Hall–Kier alpha value is -1.39. The normalized spacial score (nSPS) is 23.4. The van der Waals surface area contributed by atoms with Crippen molar-refractivity contribution >= 4 is 11.6 Å². The molecule has 1 aromatic carbocycles. The van der Waals surface area contributed by atoms with E-state index < -0.39 is 0 Å². The summed E-state index contributed by atoms with van der Waals surface area (Å²) in [7, 11) is 4.28. The zero-order chi connectivity index (χ0) is 16.2. The van der Waals surface area contributed by atoms with Gasteiger partial charge in [0.15, 0.2) is 0 Å². The molecule has 2 aliphatic rings. The fourth-order valence-electron chi connectivity index (χ4n) is 3.84. The van der Waals surface area contributed by atoms with Crippen molar-refractivity contribution in [1.29, 1.82) is 0 Å². The number of anilines is 1. The van der Waals surface area contributed by atoms with Crippen LogP contribution in [0.2, 0.25) is 0 Å². The summed E-state index contributed by atoms with van der Waals surface area (Å²) < 4.78 is 0. The van der Waals surface area contributed by atoms with Crippen LogP contribution >= 0.6 is 0 Å². The molecule has 0 radical (unpaired) electrons. The molecule has 23 heavy (non-hydrogen) atoms. The molecule has 0 bridgehead atoms. The fraction of sp³-hybridized carbons (Fsp3) is 0.632. The molecule has 1 fully saturated rings. The Morgan fingerprint density at radius 1 is 1.17 bits per heavy atom. The fourth-order valence-corrected chi connectivity index (χ4v) is 3.84. The number of hydrogen-bond donors (Lipinski definition) is 1. The molecule has 1 N–H and O–H groups in total. The van der Waals surface area contributed by atoms with Gasteiger partial charge in [0, 0.05) is 5.69 Å². The van der Waals surface area contributed by atoms with Crippen LogP contribution < -0.4 is 5.32 Å². The second-order valence-corrected chi connectivity index (χ2v) is 7.27. The molecule has 3 rings (SSSR count). The quantitative estimate of drug-likeness (QED) is 0.928. The minimum atomic E-state index is 0.0391. The van der Waals surface area contributed by atoms with Gasteiger partial charge in [-0.3, -0.25) is 9.69 Å². The van der Waals surface area contributed by atoms with Crippen LogP contribution in [0, 0.1) is 5.92 Å². The standard InChI is InChI=1S/C19H29N3O/c1-21(2)12-9-15-10-13-22(14-11-15)18-8-7-16-5-3-4-6-17(16)20-19(18)23/h3-6,15,18H,7-14H2,1-2H3,(H,20,23)/t18-/m0/s1. The van der Waals surface area contributed by atoms with Crippen LogP contribution in [-0.4, -0.2) is 55.5 Å². The molecule has 0 saturated carbocycles. The number of piperidine rings is 1. The van der Waals surface area contributed by atoms with Crippen LogP contribution in [0.4, 0.5) is 5.69 Å². The second-order valence-electron chi connectivity index (χ2n) is 7.27. The van der Waals surface area contributed by atoms with Gasteiger partial charge < -0.3 is 10.2 Å². The van der Waals surface area contributed by atoms with E-state index in [1.807, 2.05) is 12.1 Å². The van der Waals surface area contributed by atoms with Gasteiger partial charge in [-0.2, -0.15) is 0 Å². The zero-order valence-corrected chi connectivity index (χ0v) is 14.4. The van der Waals surface area contributed by atoms with E-state index in [4.69, 9.17) is 0 Å². The Morgan fingerprint density at radius 3 is 2.65 bits per heavy atom. The molecule has 4 heteroatoms. The van der Waals surface area contributed by atoms with E-state index in [0.717, 1.165) is 37.5 Å². The van der Waals surface area contributed by atoms with Crippen molar-refractivity contribution in [1.82, 2.24) is 9.80 Å². The average molecular weight is 315 g/mol. The number of aryl methyl sites for hydroxylation is 1. The molecule has 1 saturated heterocycles. The predicted molar refractivity (Wildman–Crippen MR) is 94.6 cm³/mol. The van der Waals surface area contributed by atoms with Gasteiger partial charge in [-0.1, -0.05) is 18.2 Å². The Balaban J connectivity index is 1.56. The third-order valence-electron chi connectivity index (χ3n) is 5.34. The van der Waals surface area contributed by atoms with Crippen LogP contribution in [-0.2, 0) is 11.2 Å². The van der Waals surface area contributed by atoms with Gasteiger partial charge in [-0.25, -0.2) is 0 Å². The van der Waals surface area contributed by atoms with Crippen molar-refractivity contribution in [3.8, 4) is 0 Å². The van der Waals surface area contributed by atoms with Crippen molar-refractivity contribution in [2.75, 3.05) is 39.0 Å². The van der Waals surface area contributed by atoms with Crippen molar-refractivity contribution in [3.05, 3.63) is 29.8 Å². The minimum Gasteiger partial charge on any atom is -0.324 e. The highest BCUT2D eigenvalue weighted by Crippen LogP contribution is 2.27. The molecule has 0 unspecified atom stereocenters. The lowest BCUT2D eigenvalue weighted by molar-refractivity contribution is -0.122. The van der Waals surface area contributed by atoms with E-state index in [1.165, 1.54) is 31.4 Å². The molecule has 0 spiro atoms. The highest BCUT2D eigenvalue weighted by atomic mass is 16.2. The van der Waals surface area contributed by atoms with Crippen LogP contribution in [0.15, 0.2) is 24.3 Å². The Kier molecular flexibility index (Phi) is 5.34. The van der Waals surface area contributed by atoms with Crippen LogP contribution in [0.5, 0.6) is 0 Å². The van der Waals surface area contributed by atoms with E-state index in [0.29, 0.717) is 0 Å². The molecule has 1 atom stereocenters. The average Bonchev–Trinajstić information content (AvgIpc) is 2.72. The molecule has 126 valence electrons. The second kappa shape index (κ2) is 7.45. The van der Waals surface area contributed by atoms with Gasteiger partial charge >= 0.3 is 0 Å². The molecule has 1 amide bonds. The van der Waals surface area contributed by atoms with Crippen molar-refractivity contribution in [2.45, 2.75) is 38.1 Å². The maximum absolute atomic E-state index is 12.6. The number of benzene rings is 1. The molecular weight excluding hydrogens is 286 g/mol. The highest BCUT2D eigenvalue weighted by Gasteiger charge is 2.31. The maximum Gasteiger partial charge on any atom is 0.241 e. The topological polar surface area (TPSA) is 35.6 Å². The summed E-state index contributed by atoms with van der Waals surface area (Å²) in [4.78, 5) is 17.3. The maximum atomic E-state index is 12.6. The number of carbonyl (C=O) groups excluding carboxylic acids is 1. The van der Waals surface area contributed by atoms with Crippen LogP contribution in [0.1, 0.15) is 31.2 Å². The number of hydrogen-bond acceptors (Lipinski definition) is 3. The van der Waals surface area contributed by atoms with Gasteiger partial charge in [-0.15, -0.1) is 0 Å². The highest BCUT2D eigenvalue weighted by molar-refractivity contribution is 5.96. The number of fused-ring (bicyclic) bond motifs is 1. The van der Waals surface area contributed by atoms with E-state index in [1.54, 1.807) is 0 Å². The van der Waals surface area contributed by atoms with E-state index in [9.17, 15) is 4.79 Å². The lowest BCUT2D eigenvalue weighted by atomic mass is 9.92. The molecule has 4 nitrogen and oxygen atoms in total. The van der Waals surface area contributed by atoms with Gasteiger partial charge in [0.05, 0.1) is 6.04 Å². The Bertz CT molecular complexity index is 535. The smallest absolute Gasteiger partial charge is 0.241 e. The summed E-state index contributed by atoms with van der Waals surface area (Å²) in [5.41, 5.74) is 2.27. The van der Waals surface area contributed by atoms with Gasteiger partial charge in [-0.05, 0) is 83.4 Å². The first-order valence-corrected chi connectivity index (χ1v) is 8.91. The molecule has 0 aliphatic carbocycles. The van der Waals surface area contributed by atoms with Gasteiger partial charge in [0.2, 0.25) is 5.91 Å². The molecule has 0 aromatic heterocycles. The number of nitrogens with one attached hydrogen (secondary N) is 1. The summed E-state index contributed by atoms with van der Waals surface area (Å²) in [6.45, 7) is 3.29.